The zero-order chi connectivity index (χ0) is 22.1. The Morgan fingerprint density at radius 3 is 2.56 bits per heavy atom. The van der Waals surface area contributed by atoms with Gasteiger partial charge in [0.15, 0.2) is 0 Å². The number of carbonyl (C=O) groups excluding carboxylic acids is 2. The normalized spacial score (nSPS) is 21.4. The van der Waals surface area contributed by atoms with Gasteiger partial charge in [-0.05, 0) is 44.2 Å². The highest BCUT2D eigenvalue weighted by Gasteiger charge is 2.36. The van der Waals surface area contributed by atoms with Crippen molar-refractivity contribution in [1.82, 2.24) is 24.8 Å². The summed E-state index contributed by atoms with van der Waals surface area (Å²) in [6.45, 7) is 1.50. The fourth-order valence-electron chi connectivity index (χ4n) is 5.37. The van der Waals surface area contributed by atoms with Crippen LogP contribution in [0, 0.1) is 5.92 Å². The molecule has 0 spiro atoms. The van der Waals surface area contributed by atoms with Gasteiger partial charge in [-0.3, -0.25) is 19.4 Å². The predicted octanol–water partition coefficient (Wildman–Crippen LogP) is 2.61. The van der Waals surface area contributed by atoms with Gasteiger partial charge < -0.3 is 14.8 Å². The summed E-state index contributed by atoms with van der Waals surface area (Å²) in [5, 5.41) is 0. The molecule has 3 aliphatic rings. The zero-order valence-electron chi connectivity index (χ0n) is 18.3. The molecule has 2 fully saturated rings. The number of amides is 2. The second-order valence-electron chi connectivity index (χ2n) is 9.11. The van der Waals surface area contributed by atoms with Gasteiger partial charge in [0.2, 0.25) is 5.91 Å². The number of H-pyrrole nitrogens is 1. The Bertz CT molecular complexity index is 1060. The first-order chi connectivity index (χ1) is 15.6. The molecule has 2 amide bonds. The number of aromatic nitrogens is 3. The number of hydrogen-bond acceptors (Lipinski definition) is 5. The van der Waals surface area contributed by atoms with E-state index in [1.807, 2.05) is 4.90 Å². The first-order valence-electron chi connectivity index (χ1n) is 11.7. The van der Waals surface area contributed by atoms with E-state index >= 15 is 0 Å². The van der Waals surface area contributed by atoms with Crippen LogP contribution in [0.5, 0.6) is 0 Å². The SMILES string of the molecule is O=C(c1ccncc1)N1CCc2c(nc([C@@H]3CCCN3C(=O)C3CCCCC3)[nH]c2=O)C1. The maximum Gasteiger partial charge on any atom is 0.254 e. The number of nitrogens with zero attached hydrogens (tertiary/aromatic N) is 4. The van der Waals surface area contributed by atoms with E-state index in [1.165, 1.54) is 6.42 Å². The Morgan fingerprint density at radius 2 is 1.78 bits per heavy atom. The summed E-state index contributed by atoms with van der Waals surface area (Å²) in [6, 6.07) is 3.21. The fourth-order valence-corrected chi connectivity index (χ4v) is 5.37. The van der Waals surface area contributed by atoms with Crippen LogP contribution in [0.2, 0.25) is 0 Å². The van der Waals surface area contributed by atoms with Crippen LogP contribution in [-0.4, -0.2) is 49.7 Å². The van der Waals surface area contributed by atoms with Crippen molar-refractivity contribution in [2.45, 2.75) is 64.0 Å². The van der Waals surface area contributed by atoms with Crippen LogP contribution < -0.4 is 5.56 Å². The van der Waals surface area contributed by atoms with Gasteiger partial charge in [-0.15, -0.1) is 0 Å². The number of likely N-dealkylation sites (tertiary alicyclic amines) is 1. The minimum Gasteiger partial charge on any atom is -0.332 e. The molecule has 0 bridgehead atoms. The Kier molecular flexibility index (Phi) is 5.76. The lowest BCUT2D eigenvalue weighted by Gasteiger charge is -2.31. The van der Waals surface area contributed by atoms with Crippen LogP contribution >= 0.6 is 0 Å². The number of aromatic amines is 1. The van der Waals surface area contributed by atoms with Gasteiger partial charge in [0.1, 0.15) is 5.82 Å². The molecule has 8 heteroatoms. The molecule has 8 nitrogen and oxygen atoms in total. The minimum absolute atomic E-state index is 0.0864. The summed E-state index contributed by atoms with van der Waals surface area (Å²) in [7, 11) is 0. The molecule has 1 atom stereocenters. The fraction of sp³-hybridized carbons (Fsp3) is 0.542. The highest BCUT2D eigenvalue weighted by Crippen LogP contribution is 2.34. The van der Waals surface area contributed by atoms with Crippen molar-refractivity contribution in [3.63, 3.8) is 0 Å². The lowest BCUT2D eigenvalue weighted by atomic mass is 9.88. The average molecular weight is 436 g/mol. The Labute approximate surface area is 187 Å². The molecule has 2 aromatic heterocycles. The minimum atomic E-state index is -0.186. The van der Waals surface area contributed by atoms with Gasteiger partial charge in [0.05, 0.1) is 18.3 Å². The molecule has 0 unspecified atom stereocenters. The molecule has 0 aromatic carbocycles. The second kappa shape index (κ2) is 8.84. The van der Waals surface area contributed by atoms with Crippen LogP contribution in [0.3, 0.4) is 0 Å². The third-order valence-corrected chi connectivity index (χ3v) is 7.11. The van der Waals surface area contributed by atoms with Crippen molar-refractivity contribution < 1.29 is 9.59 Å². The van der Waals surface area contributed by atoms with Crippen molar-refractivity contribution in [3.8, 4) is 0 Å². The van der Waals surface area contributed by atoms with Crippen LogP contribution in [0.15, 0.2) is 29.3 Å². The number of nitrogens with one attached hydrogen (secondary N) is 1. The first kappa shape index (κ1) is 20.8. The lowest BCUT2D eigenvalue weighted by molar-refractivity contribution is -0.137. The maximum absolute atomic E-state index is 13.2. The van der Waals surface area contributed by atoms with Crippen molar-refractivity contribution in [3.05, 3.63) is 57.5 Å². The molecule has 0 radical (unpaired) electrons. The van der Waals surface area contributed by atoms with E-state index in [0.717, 1.165) is 38.5 Å². The summed E-state index contributed by atoms with van der Waals surface area (Å²) in [6.07, 6.45) is 10.8. The van der Waals surface area contributed by atoms with Gasteiger partial charge in [0.25, 0.3) is 11.5 Å². The predicted molar refractivity (Wildman–Crippen MR) is 118 cm³/mol. The van der Waals surface area contributed by atoms with Gasteiger partial charge in [-0.2, -0.15) is 0 Å². The molecule has 32 heavy (non-hydrogen) atoms. The van der Waals surface area contributed by atoms with E-state index in [1.54, 1.807) is 29.4 Å². The molecule has 2 aliphatic heterocycles. The second-order valence-corrected chi connectivity index (χ2v) is 9.11. The number of hydrogen-bond donors (Lipinski definition) is 1. The number of rotatable bonds is 3. The van der Waals surface area contributed by atoms with Crippen LogP contribution in [0.4, 0.5) is 0 Å². The van der Waals surface area contributed by atoms with E-state index in [4.69, 9.17) is 4.98 Å². The van der Waals surface area contributed by atoms with E-state index in [2.05, 4.69) is 9.97 Å². The number of pyridine rings is 1. The quantitative estimate of drug-likeness (QED) is 0.799. The Hall–Kier alpha value is -3.03. The smallest absolute Gasteiger partial charge is 0.254 e. The molecule has 5 rings (SSSR count). The van der Waals surface area contributed by atoms with E-state index < -0.39 is 0 Å². The molecule has 1 aliphatic carbocycles. The number of fused-ring (bicyclic) bond motifs is 1. The van der Waals surface area contributed by atoms with Crippen LogP contribution in [0.25, 0.3) is 0 Å². The standard InChI is InChI=1S/C24H29N5O3/c30-22-18-10-14-28(23(31)17-8-11-25-12-9-17)15-19(18)26-21(27-22)20-7-4-13-29(20)24(32)16-5-2-1-3-6-16/h8-9,11-12,16,20H,1-7,10,13-15H2,(H,26,27,30)/t20-/m0/s1. The van der Waals surface area contributed by atoms with Gasteiger partial charge in [-0.1, -0.05) is 19.3 Å². The van der Waals surface area contributed by atoms with Gasteiger partial charge in [0, 0.05) is 42.5 Å². The molecule has 1 saturated heterocycles. The molecule has 1 saturated carbocycles. The lowest BCUT2D eigenvalue weighted by Crippen LogP contribution is -2.41. The van der Waals surface area contributed by atoms with Crippen molar-refractivity contribution in [2.24, 2.45) is 5.92 Å². The third kappa shape index (κ3) is 3.94. The summed E-state index contributed by atoms with van der Waals surface area (Å²) < 4.78 is 0. The van der Waals surface area contributed by atoms with Gasteiger partial charge >= 0.3 is 0 Å². The van der Waals surface area contributed by atoms with Crippen molar-refractivity contribution in [1.29, 1.82) is 0 Å². The third-order valence-electron chi connectivity index (χ3n) is 7.11. The molecule has 1 N–H and O–H groups in total. The van der Waals surface area contributed by atoms with Gasteiger partial charge in [-0.25, -0.2) is 4.98 Å². The summed E-state index contributed by atoms with van der Waals surface area (Å²) in [5.74, 6) is 0.787. The highest BCUT2D eigenvalue weighted by molar-refractivity contribution is 5.94. The maximum atomic E-state index is 13.2. The molecule has 4 heterocycles. The van der Waals surface area contributed by atoms with E-state index in [-0.39, 0.29) is 29.3 Å². The Balaban J connectivity index is 1.38. The van der Waals surface area contributed by atoms with Crippen molar-refractivity contribution in [2.75, 3.05) is 13.1 Å². The average Bonchev–Trinajstić information content (AvgIpc) is 3.34. The molecular weight excluding hydrogens is 406 g/mol. The summed E-state index contributed by atoms with van der Waals surface area (Å²) >= 11 is 0. The topological polar surface area (TPSA) is 99.3 Å². The Morgan fingerprint density at radius 1 is 1.00 bits per heavy atom. The largest absolute Gasteiger partial charge is 0.332 e. The summed E-state index contributed by atoms with van der Waals surface area (Å²) in [5.41, 5.74) is 1.73. The first-order valence-corrected chi connectivity index (χ1v) is 11.7. The molecule has 2 aromatic rings. The van der Waals surface area contributed by atoms with E-state index in [9.17, 15) is 14.4 Å². The number of carbonyl (C=O) groups is 2. The van der Waals surface area contributed by atoms with Crippen LogP contribution in [0.1, 0.15) is 78.4 Å². The van der Waals surface area contributed by atoms with Crippen LogP contribution in [-0.2, 0) is 17.8 Å². The summed E-state index contributed by atoms with van der Waals surface area (Å²) in [4.78, 5) is 54.4. The molecular formula is C24H29N5O3. The van der Waals surface area contributed by atoms with E-state index in [0.29, 0.717) is 48.7 Å². The zero-order valence-corrected chi connectivity index (χ0v) is 18.3. The molecule has 168 valence electrons. The monoisotopic (exact) mass is 435 g/mol. The highest BCUT2D eigenvalue weighted by atomic mass is 16.2. The van der Waals surface area contributed by atoms with Crippen molar-refractivity contribution >= 4 is 11.8 Å².